The maximum absolute atomic E-state index is 13.6. The smallest absolute Gasteiger partial charge is 0.244 e. The first-order valence-corrected chi connectivity index (χ1v) is 13.7. The molecule has 2 aromatic rings. The molecule has 0 aliphatic rings. The number of carbonyl (C=O) groups is 2. The van der Waals surface area contributed by atoms with Crippen molar-refractivity contribution in [3.8, 4) is 0 Å². The van der Waals surface area contributed by atoms with Gasteiger partial charge in [-0.25, -0.2) is 8.42 Å². The zero-order valence-electron chi connectivity index (χ0n) is 20.8. The number of rotatable bonds is 12. The Hall–Kier alpha value is -2.87. The zero-order chi connectivity index (χ0) is 25.3. The lowest BCUT2D eigenvalue weighted by molar-refractivity contribution is -0.140. The van der Waals surface area contributed by atoms with Crippen molar-refractivity contribution in [3.05, 3.63) is 65.7 Å². The van der Waals surface area contributed by atoms with Crippen LogP contribution >= 0.6 is 0 Å². The molecule has 2 rings (SSSR count). The molecule has 2 amide bonds. The lowest BCUT2D eigenvalue weighted by Crippen LogP contribution is -2.53. The predicted octanol–water partition coefficient (Wildman–Crippen LogP) is 3.74. The molecule has 2 atom stereocenters. The maximum atomic E-state index is 13.6. The van der Waals surface area contributed by atoms with E-state index in [0.29, 0.717) is 12.1 Å². The van der Waals surface area contributed by atoms with E-state index in [0.717, 1.165) is 34.5 Å². The minimum Gasteiger partial charge on any atom is -0.352 e. The molecule has 0 saturated carbocycles. The highest BCUT2D eigenvalue weighted by atomic mass is 32.2. The van der Waals surface area contributed by atoms with Gasteiger partial charge in [-0.05, 0) is 49.4 Å². The van der Waals surface area contributed by atoms with Crippen LogP contribution in [0.25, 0.3) is 0 Å². The number of aryl methyl sites for hydroxylation is 1. The highest BCUT2D eigenvalue weighted by Crippen LogP contribution is 2.20. The quantitative estimate of drug-likeness (QED) is 0.494. The van der Waals surface area contributed by atoms with Crippen molar-refractivity contribution in [2.45, 2.75) is 65.6 Å². The molecule has 0 radical (unpaired) electrons. The van der Waals surface area contributed by atoms with Crippen molar-refractivity contribution in [1.29, 1.82) is 0 Å². The van der Waals surface area contributed by atoms with Gasteiger partial charge in [0.2, 0.25) is 21.8 Å². The Morgan fingerprint density at radius 2 is 1.53 bits per heavy atom. The molecule has 2 aromatic carbocycles. The number of sulfonamides is 1. The number of anilines is 1. The van der Waals surface area contributed by atoms with Crippen LogP contribution in [0.2, 0.25) is 0 Å². The molecule has 0 saturated heterocycles. The third-order valence-electron chi connectivity index (χ3n) is 5.89. The fraction of sp³-hybridized carbons (Fsp3) is 0.462. The summed E-state index contributed by atoms with van der Waals surface area (Å²) in [7, 11) is -3.73. The van der Waals surface area contributed by atoms with Crippen LogP contribution in [-0.2, 0) is 32.6 Å². The van der Waals surface area contributed by atoms with Gasteiger partial charge in [0.05, 0.1) is 11.9 Å². The second kappa shape index (κ2) is 12.6. The number of hydrogen-bond donors (Lipinski definition) is 1. The Labute approximate surface area is 204 Å². The average Bonchev–Trinajstić information content (AvgIpc) is 2.82. The summed E-state index contributed by atoms with van der Waals surface area (Å²) < 4.78 is 26.4. The van der Waals surface area contributed by atoms with Gasteiger partial charge in [0, 0.05) is 12.6 Å². The fourth-order valence-corrected chi connectivity index (χ4v) is 4.50. The summed E-state index contributed by atoms with van der Waals surface area (Å²) in [6.45, 7) is 7.59. The first-order chi connectivity index (χ1) is 16.1. The van der Waals surface area contributed by atoms with Gasteiger partial charge in [-0.3, -0.25) is 13.9 Å². The number of benzene rings is 2. The van der Waals surface area contributed by atoms with Crippen LogP contribution in [0.15, 0.2) is 54.6 Å². The Balaban J connectivity index is 2.40. The van der Waals surface area contributed by atoms with Crippen LogP contribution in [0.4, 0.5) is 5.69 Å². The summed E-state index contributed by atoms with van der Waals surface area (Å²) in [5.74, 6) is -0.667. The van der Waals surface area contributed by atoms with Crippen LogP contribution in [0.5, 0.6) is 0 Å². The van der Waals surface area contributed by atoms with E-state index >= 15 is 0 Å². The molecule has 0 fully saturated rings. The number of amides is 2. The minimum absolute atomic E-state index is 0.0279. The Morgan fingerprint density at radius 1 is 0.912 bits per heavy atom. The molecule has 0 heterocycles. The number of nitrogens with one attached hydrogen (secondary N) is 1. The third kappa shape index (κ3) is 7.58. The van der Waals surface area contributed by atoms with Gasteiger partial charge < -0.3 is 10.2 Å². The largest absolute Gasteiger partial charge is 0.352 e. The molecule has 8 heteroatoms. The van der Waals surface area contributed by atoms with Crippen molar-refractivity contribution in [2.75, 3.05) is 17.1 Å². The second-order valence-electron chi connectivity index (χ2n) is 8.54. The van der Waals surface area contributed by atoms with Crippen molar-refractivity contribution in [2.24, 2.45) is 0 Å². The van der Waals surface area contributed by atoms with E-state index in [-0.39, 0.29) is 25.0 Å². The van der Waals surface area contributed by atoms with E-state index < -0.39 is 22.0 Å². The summed E-state index contributed by atoms with van der Waals surface area (Å²) in [5, 5.41) is 2.96. The van der Waals surface area contributed by atoms with E-state index in [1.807, 2.05) is 70.2 Å². The molecule has 186 valence electrons. The van der Waals surface area contributed by atoms with E-state index in [9.17, 15) is 18.0 Å². The Morgan fingerprint density at radius 3 is 2.03 bits per heavy atom. The highest BCUT2D eigenvalue weighted by molar-refractivity contribution is 7.92. The zero-order valence-corrected chi connectivity index (χ0v) is 21.6. The monoisotopic (exact) mass is 487 g/mol. The molecule has 34 heavy (non-hydrogen) atoms. The molecule has 0 bridgehead atoms. The summed E-state index contributed by atoms with van der Waals surface area (Å²) in [4.78, 5) is 28.2. The van der Waals surface area contributed by atoms with Crippen LogP contribution in [0.3, 0.4) is 0 Å². The first-order valence-electron chi connectivity index (χ1n) is 11.8. The van der Waals surface area contributed by atoms with E-state index in [4.69, 9.17) is 0 Å². The van der Waals surface area contributed by atoms with Gasteiger partial charge in [-0.1, -0.05) is 63.2 Å². The molecule has 0 aliphatic carbocycles. The fourth-order valence-electron chi connectivity index (χ4n) is 3.65. The van der Waals surface area contributed by atoms with Crippen LogP contribution in [0.1, 0.15) is 51.7 Å². The molecule has 0 spiro atoms. The standard InChI is InChI=1S/C26H37N3O4S/c1-6-20(4)27-26(31)24(8-3)28(18-22-12-10-9-11-13-22)25(30)19-29(34(5,32)33)23-16-14-21(7-2)15-17-23/h9-17,20,24H,6-8,18-19H2,1-5H3,(H,27,31). The van der Waals surface area contributed by atoms with Crippen molar-refractivity contribution in [3.63, 3.8) is 0 Å². The van der Waals surface area contributed by atoms with Gasteiger partial charge >= 0.3 is 0 Å². The molecule has 2 unspecified atom stereocenters. The van der Waals surface area contributed by atoms with Crippen molar-refractivity contribution >= 4 is 27.5 Å². The highest BCUT2D eigenvalue weighted by Gasteiger charge is 2.32. The van der Waals surface area contributed by atoms with Crippen molar-refractivity contribution in [1.82, 2.24) is 10.2 Å². The first kappa shape index (κ1) is 27.4. The summed E-state index contributed by atoms with van der Waals surface area (Å²) in [6, 6.07) is 15.8. The maximum Gasteiger partial charge on any atom is 0.244 e. The van der Waals surface area contributed by atoms with Gasteiger partial charge in [0.1, 0.15) is 12.6 Å². The van der Waals surface area contributed by atoms with Gasteiger partial charge in [-0.2, -0.15) is 0 Å². The average molecular weight is 488 g/mol. The summed E-state index contributed by atoms with van der Waals surface area (Å²) in [6.07, 6.45) is 3.09. The van der Waals surface area contributed by atoms with Gasteiger partial charge in [0.15, 0.2) is 0 Å². The van der Waals surface area contributed by atoms with Gasteiger partial charge in [-0.15, -0.1) is 0 Å². The molecular weight excluding hydrogens is 450 g/mol. The third-order valence-corrected chi connectivity index (χ3v) is 7.04. The lowest BCUT2D eigenvalue weighted by atomic mass is 10.1. The second-order valence-corrected chi connectivity index (χ2v) is 10.4. The predicted molar refractivity (Wildman–Crippen MR) is 137 cm³/mol. The van der Waals surface area contributed by atoms with E-state index in [1.165, 1.54) is 4.90 Å². The minimum atomic E-state index is -3.73. The summed E-state index contributed by atoms with van der Waals surface area (Å²) >= 11 is 0. The number of carbonyl (C=O) groups excluding carboxylic acids is 2. The molecular formula is C26H37N3O4S. The van der Waals surface area contributed by atoms with Crippen LogP contribution in [-0.4, -0.2) is 50.0 Å². The number of nitrogens with zero attached hydrogens (tertiary/aromatic N) is 2. The van der Waals surface area contributed by atoms with Crippen LogP contribution < -0.4 is 9.62 Å². The molecule has 7 nitrogen and oxygen atoms in total. The van der Waals surface area contributed by atoms with E-state index in [2.05, 4.69) is 5.32 Å². The van der Waals surface area contributed by atoms with Crippen molar-refractivity contribution < 1.29 is 18.0 Å². The lowest BCUT2D eigenvalue weighted by Gasteiger charge is -2.33. The molecule has 0 aliphatic heterocycles. The molecule has 0 aromatic heterocycles. The Bertz CT molecular complexity index is 1040. The normalized spacial score (nSPS) is 13.1. The van der Waals surface area contributed by atoms with Crippen LogP contribution in [0, 0.1) is 0 Å². The topological polar surface area (TPSA) is 86.8 Å². The summed E-state index contributed by atoms with van der Waals surface area (Å²) in [5.41, 5.74) is 2.36. The Kier molecular flexibility index (Phi) is 10.1. The molecule has 1 N–H and O–H groups in total. The SMILES string of the molecule is CCc1ccc(N(CC(=O)N(Cc2ccccc2)C(CC)C(=O)NC(C)CC)S(C)(=O)=O)cc1. The number of hydrogen-bond acceptors (Lipinski definition) is 4. The van der Waals surface area contributed by atoms with Gasteiger partial charge in [0.25, 0.3) is 0 Å². The van der Waals surface area contributed by atoms with E-state index in [1.54, 1.807) is 12.1 Å².